The van der Waals surface area contributed by atoms with Gasteiger partial charge >= 0.3 is 6.18 Å². The van der Waals surface area contributed by atoms with E-state index in [1.807, 2.05) is 24.0 Å². The summed E-state index contributed by atoms with van der Waals surface area (Å²) in [5.41, 5.74) is 0.00944. The summed E-state index contributed by atoms with van der Waals surface area (Å²) in [6.07, 6.45) is 2.61. The van der Waals surface area contributed by atoms with E-state index in [0.29, 0.717) is 17.9 Å². The van der Waals surface area contributed by atoms with Crippen LogP contribution in [0.15, 0.2) is 24.8 Å². The number of aryl methyl sites for hydroxylation is 2. The molecule has 3 aromatic heterocycles. The first kappa shape index (κ1) is 19.2. The van der Waals surface area contributed by atoms with E-state index >= 15 is 0 Å². The van der Waals surface area contributed by atoms with Crippen LogP contribution in [0.1, 0.15) is 37.4 Å². The summed E-state index contributed by atoms with van der Waals surface area (Å²) < 4.78 is 43.4. The molecule has 0 radical (unpaired) electrons. The summed E-state index contributed by atoms with van der Waals surface area (Å²) in [5.74, 6) is 0.730. The van der Waals surface area contributed by atoms with Crippen LogP contribution in [0.25, 0.3) is 0 Å². The molecular formula is C18H21F3N8. The molecule has 11 heteroatoms. The van der Waals surface area contributed by atoms with E-state index in [2.05, 4.69) is 42.2 Å². The highest BCUT2D eigenvalue weighted by Crippen LogP contribution is 2.36. The molecule has 0 fully saturated rings. The lowest BCUT2D eigenvalue weighted by Crippen LogP contribution is -2.30. The maximum atomic E-state index is 13.1. The van der Waals surface area contributed by atoms with Gasteiger partial charge in [-0.2, -0.15) is 23.3 Å². The van der Waals surface area contributed by atoms with Gasteiger partial charge in [0.15, 0.2) is 0 Å². The molecule has 154 valence electrons. The number of imidazole rings is 1. The Bertz CT molecular complexity index is 1040. The second-order valence-electron chi connectivity index (χ2n) is 7.15. The van der Waals surface area contributed by atoms with Crippen LogP contribution in [0.4, 0.5) is 30.6 Å². The van der Waals surface area contributed by atoms with E-state index in [1.54, 1.807) is 13.1 Å². The van der Waals surface area contributed by atoms with Gasteiger partial charge in [-0.3, -0.25) is 4.68 Å². The van der Waals surface area contributed by atoms with Gasteiger partial charge in [-0.05, 0) is 27.2 Å². The number of halogens is 3. The highest BCUT2D eigenvalue weighted by Gasteiger charge is 2.39. The number of hydrogen-bond donors (Lipinski definition) is 2. The number of nitrogens with zero attached hydrogens (tertiary/aromatic N) is 6. The van der Waals surface area contributed by atoms with Gasteiger partial charge in [-0.25, -0.2) is 9.97 Å². The van der Waals surface area contributed by atoms with Gasteiger partial charge in [-0.15, -0.1) is 0 Å². The van der Waals surface area contributed by atoms with Crippen molar-refractivity contribution in [2.75, 3.05) is 17.2 Å². The van der Waals surface area contributed by atoms with Crippen molar-refractivity contribution < 1.29 is 13.2 Å². The second-order valence-corrected chi connectivity index (χ2v) is 7.15. The van der Waals surface area contributed by atoms with Crippen molar-refractivity contribution in [3.8, 4) is 0 Å². The molecule has 29 heavy (non-hydrogen) atoms. The molecule has 0 unspecified atom stereocenters. The Kier molecular flexibility index (Phi) is 4.47. The smallest absolute Gasteiger partial charge is 0.370 e. The van der Waals surface area contributed by atoms with E-state index in [0.717, 1.165) is 25.0 Å². The molecule has 0 bridgehead atoms. The van der Waals surface area contributed by atoms with Crippen LogP contribution in [0, 0.1) is 6.92 Å². The first-order valence-corrected chi connectivity index (χ1v) is 9.26. The lowest BCUT2D eigenvalue weighted by atomic mass is 10.0. The molecule has 3 aromatic rings. The van der Waals surface area contributed by atoms with Crippen molar-refractivity contribution in [3.63, 3.8) is 0 Å². The van der Waals surface area contributed by atoms with Crippen molar-refractivity contribution >= 4 is 17.5 Å². The number of aromatic nitrogens is 6. The number of nitrogens with one attached hydrogen (secondary N) is 2. The molecule has 0 saturated heterocycles. The first-order chi connectivity index (χ1) is 13.7. The van der Waals surface area contributed by atoms with Gasteiger partial charge in [0.1, 0.15) is 22.7 Å². The molecule has 2 N–H and O–H groups in total. The van der Waals surface area contributed by atoms with Gasteiger partial charge in [0, 0.05) is 37.9 Å². The Morgan fingerprint density at radius 1 is 1.28 bits per heavy atom. The molecule has 0 spiro atoms. The number of fused-ring (bicyclic) bond motifs is 1. The molecule has 4 rings (SSSR count). The van der Waals surface area contributed by atoms with E-state index < -0.39 is 17.3 Å². The Morgan fingerprint density at radius 2 is 2.07 bits per heavy atom. The summed E-state index contributed by atoms with van der Waals surface area (Å²) in [6.45, 7) is 6.74. The maximum Gasteiger partial charge on any atom is 0.421 e. The SMILES string of the molecule is CCNc1nc(Nc2cn([C@@]3(C)CCn4ccnc43)nc2C)ncc1C(F)(F)F. The number of rotatable bonds is 5. The second kappa shape index (κ2) is 6.75. The standard InChI is InChI=1S/C18H21F3N8/c1-4-22-14-12(18(19,20)21)9-24-16(26-14)25-13-10-29(27-11(13)2)17(3)5-7-28-8-6-23-15(17)28/h6,8-10H,4-5,7H2,1-3H3,(H2,22,24,25,26)/t17-/m0/s1. The average Bonchev–Trinajstić information content (AvgIpc) is 3.33. The lowest BCUT2D eigenvalue weighted by molar-refractivity contribution is -0.137. The molecule has 0 aliphatic carbocycles. The third-order valence-electron chi connectivity index (χ3n) is 5.13. The van der Waals surface area contributed by atoms with Gasteiger partial charge in [0.2, 0.25) is 5.95 Å². The average molecular weight is 406 g/mol. The molecule has 8 nitrogen and oxygen atoms in total. The van der Waals surface area contributed by atoms with Crippen molar-refractivity contribution in [2.24, 2.45) is 0 Å². The Labute approximate surface area is 165 Å². The van der Waals surface area contributed by atoms with Gasteiger partial charge in [-0.1, -0.05) is 0 Å². The number of hydrogen-bond acceptors (Lipinski definition) is 6. The van der Waals surface area contributed by atoms with Crippen molar-refractivity contribution in [3.05, 3.63) is 41.9 Å². The van der Waals surface area contributed by atoms with E-state index in [1.165, 1.54) is 0 Å². The van der Waals surface area contributed by atoms with Crippen LogP contribution in [0.2, 0.25) is 0 Å². The van der Waals surface area contributed by atoms with Gasteiger partial charge in [0.25, 0.3) is 0 Å². The highest BCUT2D eigenvalue weighted by molar-refractivity contribution is 5.58. The monoisotopic (exact) mass is 406 g/mol. The fraction of sp³-hybridized carbons (Fsp3) is 0.444. The molecule has 1 aliphatic heterocycles. The quantitative estimate of drug-likeness (QED) is 0.674. The van der Waals surface area contributed by atoms with Crippen molar-refractivity contribution in [1.29, 1.82) is 0 Å². The third-order valence-corrected chi connectivity index (χ3v) is 5.13. The van der Waals surface area contributed by atoms with Crippen LogP contribution in [0.5, 0.6) is 0 Å². The summed E-state index contributed by atoms with van der Waals surface area (Å²) in [7, 11) is 0. The summed E-state index contributed by atoms with van der Waals surface area (Å²) in [4.78, 5) is 12.3. The molecule has 0 aromatic carbocycles. The van der Waals surface area contributed by atoms with E-state index in [4.69, 9.17) is 0 Å². The van der Waals surface area contributed by atoms with Crippen LogP contribution < -0.4 is 10.6 Å². The predicted octanol–water partition coefficient (Wildman–Crippen LogP) is 3.54. The maximum absolute atomic E-state index is 13.1. The van der Waals surface area contributed by atoms with Gasteiger partial charge < -0.3 is 15.2 Å². The fourth-order valence-corrected chi connectivity index (χ4v) is 3.53. The highest BCUT2D eigenvalue weighted by atomic mass is 19.4. The molecule has 4 heterocycles. The van der Waals surface area contributed by atoms with Crippen LogP contribution in [-0.2, 0) is 18.3 Å². The van der Waals surface area contributed by atoms with E-state index in [-0.39, 0.29) is 11.8 Å². The van der Waals surface area contributed by atoms with Crippen LogP contribution in [0.3, 0.4) is 0 Å². The fourth-order valence-electron chi connectivity index (χ4n) is 3.53. The minimum absolute atomic E-state index is 0.0645. The Balaban J connectivity index is 1.64. The summed E-state index contributed by atoms with van der Waals surface area (Å²) in [5, 5.41) is 10.2. The number of alkyl halides is 3. The summed E-state index contributed by atoms with van der Waals surface area (Å²) >= 11 is 0. The van der Waals surface area contributed by atoms with Crippen molar-refractivity contribution in [1.82, 2.24) is 29.3 Å². The third kappa shape index (κ3) is 3.30. The largest absolute Gasteiger partial charge is 0.421 e. The zero-order chi connectivity index (χ0) is 20.8. The van der Waals surface area contributed by atoms with Gasteiger partial charge in [0.05, 0.1) is 11.4 Å². The molecule has 0 amide bonds. The van der Waals surface area contributed by atoms with E-state index in [9.17, 15) is 13.2 Å². The van der Waals surface area contributed by atoms with Crippen molar-refractivity contribution in [2.45, 2.75) is 45.5 Å². The normalized spacial score (nSPS) is 18.7. The first-order valence-electron chi connectivity index (χ1n) is 9.26. The Hall–Kier alpha value is -3.11. The summed E-state index contributed by atoms with van der Waals surface area (Å²) in [6, 6.07) is 0. The lowest BCUT2D eigenvalue weighted by Gasteiger charge is -2.23. The minimum Gasteiger partial charge on any atom is -0.370 e. The van der Waals surface area contributed by atoms with Crippen LogP contribution in [-0.4, -0.2) is 35.8 Å². The van der Waals surface area contributed by atoms with Crippen LogP contribution >= 0.6 is 0 Å². The predicted molar refractivity (Wildman–Crippen MR) is 101 cm³/mol. The topological polar surface area (TPSA) is 85.5 Å². The molecule has 0 saturated carbocycles. The molecular weight excluding hydrogens is 385 g/mol. The zero-order valence-electron chi connectivity index (χ0n) is 16.2. The molecule has 1 atom stereocenters. The molecule has 1 aliphatic rings. The number of anilines is 3. The zero-order valence-corrected chi connectivity index (χ0v) is 16.2. The minimum atomic E-state index is -4.53. The Morgan fingerprint density at radius 3 is 2.79 bits per heavy atom.